The summed E-state index contributed by atoms with van der Waals surface area (Å²) < 4.78 is 44.6. The van der Waals surface area contributed by atoms with E-state index < -0.39 is 27.5 Å². The van der Waals surface area contributed by atoms with Crippen LogP contribution < -0.4 is 15.4 Å². The van der Waals surface area contributed by atoms with Crippen molar-refractivity contribution in [3.05, 3.63) is 107 Å². The molecule has 10 heteroatoms. The summed E-state index contributed by atoms with van der Waals surface area (Å²) in [5.74, 6) is -0.481. The van der Waals surface area contributed by atoms with E-state index >= 15 is 0 Å². The molecule has 0 fully saturated rings. The van der Waals surface area contributed by atoms with Crippen LogP contribution in [0.5, 0.6) is 0 Å². The number of anilines is 1. The SMILES string of the molecule is C[C@@H](NC(=O)c1cc(-c2cc([C@](C)(N)Cc3ccccc3)no2)cc(N(C)S(C)(=O)=O)c1)c1ccc(F)cc1. The third kappa shape index (κ3) is 6.71. The van der Waals surface area contributed by atoms with Crippen molar-refractivity contribution in [2.45, 2.75) is 31.8 Å². The Morgan fingerprint density at radius 2 is 1.77 bits per heavy atom. The average molecular weight is 551 g/mol. The maximum atomic E-state index is 13.3. The quantitative estimate of drug-likeness (QED) is 0.310. The van der Waals surface area contributed by atoms with Gasteiger partial charge >= 0.3 is 0 Å². The molecule has 0 radical (unpaired) electrons. The minimum absolute atomic E-state index is 0.213. The lowest BCUT2D eigenvalue weighted by atomic mass is 9.90. The maximum absolute atomic E-state index is 13.3. The predicted molar refractivity (Wildman–Crippen MR) is 149 cm³/mol. The Kier molecular flexibility index (Phi) is 7.89. The number of nitrogens with one attached hydrogen (secondary N) is 1. The number of aromatic nitrogens is 1. The lowest BCUT2D eigenvalue weighted by molar-refractivity contribution is 0.0940. The van der Waals surface area contributed by atoms with Gasteiger partial charge in [-0.05, 0) is 61.7 Å². The van der Waals surface area contributed by atoms with E-state index in [-0.39, 0.29) is 17.1 Å². The fourth-order valence-electron chi connectivity index (χ4n) is 4.16. The van der Waals surface area contributed by atoms with Gasteiger partial charge in [-0.3, -0.25) is 9.10 Å². The molecule has 0 bridgehead atoms. The molecule has 0 spiro atoms. The number of nitrogens with zero attached hydrogens (tertiary/aromatic N) is 2. The van der Waals surface area contributed by atoms with Gasteiger partial charge < -0.3 is 15.6 Å². The monoisotopic (exact) mass is 550 g/mol. The zero-order valence-corrected chi connectivity index (χ0v) is 23.0. The second-order valence-corrected chi connectivity index (χ2v) is 11.9. The van der Waals surface area contributed by atoms with Crippen molar-refractivity contribution < 1.29 is 22.1 Å². The smallest absolute Gasteiger partial charge is 0.251 e. The molecular weight excluding hydrogens is 519 g/mol. The molecule has 0 aliphatic rings. The first-order valence-corrected chi connectivity index (χ1v) is 14.1. The second-order valence-electron chi connectivity index (χ2n) is 9.90. The van der Waals surface area contributed by atoms with E-state index in [9.17, 15) is 17.6 Å². The van der Waals surface area contributed by atoms with Gasteiger partial charge in [-0.25, -0.2) is 12.8 Å². The van der Waals surface area contributed by atoms with E-state index in [2.05, 4.69) is 10.5 Å². The van der Waals surface area contributed by atoms with Crippen LogP contribution in [0.25, 0.3) is 11.3 Å². The van der Waals surface area contributed by atoms with Crippen LogP contribution in [0, 0.1) is 5.82 Å². The zero-order chi connectivity index (χ0) is 28.4. The van der Waals surface area contributed by atoms with Crippen LogP contribution >= 0.6 is 0 Å². The summed E-state index contributed by atoms with van der Waals surface area (Å²) >= 11 is 0. The lowest BCUT2D eigenvalue weighted by Crippen LogP contribution is -2.35. The van der Waals surface area contributed by atoms with Gasteiger partial charge in [0.05, 0.1) is 23.5 Å². The number of nitrogens with two attached hydrogens (primary N) is 1. The summed E-state index contributed by atoms with van der Waals surface area (Å²) in [6, 6.07) is 21.6. The molecule has 8 nitrogen and oxygen atoms in total. The number of halogens is 1. The second kappa shape index (κ2) is 11.0. The summed E-state index contributed by atoms with van der Waals surface area (Å²) in [6.45, 7) is 3.63. The number of carbonyl (C=O) groups excluding carboxylic acids is 1. The Morgan fingerprint density at radius 1 is 1.10 bits per heavy atom. The highest BCUT2D eigenvalue weighted by Crippen LogP contribution is 2.31. The topological polar surface area (TPSA) is 119 Å². The molecule has 39 heavy (non-hydrogen) atoms. The average Bonchev–Trinajstić information content (AvgIpc) is 3.40. The van der Waals surface area contributed by atoms with Crippen molar-refractivity contribution in [3.63, 3.8) is 0 Å². The summed E-state index contributed by atoms with van der Waals surface area (Å²) in [5.41, 5.74) is 8.97. The van der Waals surface area contributed by atoms with Crippen molar-refractivity contribution >= 4 is 21.6 Å². The van der Waals surface area contributed by atoms with Gasteiger partial charge in [0.25, 0.3) is 5.91 Å². The third-order valence-electron chi connectivity index (χ3n) is 6.55. The lowest BCUT2D eigenvalue weighted by Gasteiger charge is -2.21. The molecule has 0 saturated heterocycles. The molecule has 3 N–H and O–H groups in total. The molecule has 1 heterocycles. The third-order valence-corrected chi connectivity index (χ3v) is 7.76. The zero-order valence-electron chi connectivity index (χ0n) is 22.2. The molecule has 204 valence electrons. The summed E-state index contributed by atoms with van der Waals surface area (Å²) in [6.07, 6.45) is 1.59. The summed E-state index contributed by atoms with van der Waals surface area (Å²) in [4.78, 5) is 13.3. The maximum Gasteiger partial charge on any atom is 0.251 e. The fourth-order valence-corrected chi connectivity index (χ4v) is 4.65. The van der Waals surface area contributed by atoms with Gasteiger partial charge in [0.2, 0.25) is 10.0 Å². The predicted octanol–water partition coefficient (Wildman–Crippen LogP) is 4.78. The minimum Gasteiger partial charge on any atom is -0.356 e. The van der Waals surface area contributed by atoms with E-state index in [1.165, 1.54) is 25.2 Å². The number of sulfonamides is 1. The van der Waals surface area contributed by atoms with Crippen molar-refractivity contribution in [1.82, 2.24) is 10.5 Å². The molecule has 2 atom stereocenters. The van der Waals surface area contributed by atoms with Gasteiger partial charge in [0, 0.05) is 24.2 Å². The summed E-state index contributed by atoms with van der Waals surface area (Å²) in [5, 5.41) is 7.07. The van der Waals surface area contributed by atoms with Gasteiger partial charge in [-0.15, -0.1) is 0 Å². The molecular formula is C29H31FN4O4S. The van der Waals surface area contributed by atoms with Gasteiger partial charge in [-0.2, -0.15) is 0 Å². The molecule has 0 aliphatic heterocycles. The van der Waals surface area contributed by atoms with Crippen molar-refractivity contribution in [2.24, 2.45) is 5.73 Å². The van der Waals surface area contributed by atoms with Crippen LogP contribution in [0.2, 0.25) is 0 Å². The molecule has 0 aliphatic carbocycles. The van der Waals surface area contributed by atoms with Gasteiger partial charge in [0.1, 0.15) is 11.5 Å². The Hall–Kier alpha value is -4.02. The van der Waals surface area contributed by atoms with Crippen LogP contribution in [0.15, 0.2) is 83.4 Å². The molecule has 3 aromatic carbocycles. The van der Waals surface area contributed by atoms with Crippen LogP contribution in [-0.4, -0.2) is 32.8 Å². The highest BCUT2D eigenvalue weighted by Gasteiger charge is 2.27. The number of rotatable bonds is 9. The first kappa shape index (κ1) is 28.0. The van der Waals surface area contributed by atoms with Crippen molar-refractivity contribution in [3.8, 4) is 11.3 Å². The first-order valence-electron chi connectivity index (χ1n) is 12.3. The number of hydrogen-bond acceptors (Lipinski definition) is 6. The number of benzene rings is 3. The van der Waals surface area contributed by atoms with Gasteiger partial charge in [0.15, 0.2) is 5.76 Å². The standard InChI is InChI=1S/C29H31FN4O4S/c1-19(21-10-12-24(30)13-11-21)32-28(35)23-14-22(15-25(16-23)34(3)39(4,36)37)26-17-27(33-38-26)29(2,31)18-20-8-6-5-7-9-20/h5-17,19H,18,31H2,1-4H3,(H,32,35)/t19-,29-/m1/s1. The Morgan fingerprint density at radius 3 is 2.41 bits per heavy atom. The number of hydrogen-bond donors (Lipinski definition) is 2. The van der Waals surface area contributed by atoms with Crippen LogP contribution in [0.1, 0.15) is 47.1 Å². The van der Waals surface area contributed by atoms with E-state index in [1.54, 1.807) is 37.3 Å². The van der Waals surface area contributed by atoms with E-state index in [1.807, 2.05) is 37.3 Å². The molecule has 0 unspecified atom stereocenters. The van der Waals surface area contributed by atoms with Crippen molar-refractivity contribution in [1.29, 1.82) is 0 Å². The Labute approximate surface area is 227 Å². The van der Waals surface area contributed by atoms with E-state index in [0.29, 0.717) is 23.4 Å². The van der Waals surface area contributed by atoms with Gasteiger partial charge in [-0.1, -0.05) is 47.6 Å². The number of amides is 1. The van der Waals surface area contributed by atoms with Crippen LogP contribution in [0.3, 0.4) is 0 Å². The van der Waals surface area contributed by atoms with E-state index in [0.717, 1.165) is 21.7 Å². The minimum atomic E-state index is -3.62. The molecule has 1 amide bonds. The number of carbonyl (C=O) groups is 1. The molecule has 1 aromatic heterocycles. The molecule has 0 saturated carbocycles. The van der Waals surface area contributed by atoms with Crippen LogP contribution in [-0.2, 0) is 22.0 Å². The highest BCUT2D eigenvalue weighted by atomic mass is 32.2. The Bertz CT molecular complexity index is 1570. The van der Waals surface area contributed by atoms with Crippen molar-refractivity contribution in [2.75, 3.05) is 17.6 Å². The largest absolute Gasteiger partial charge is 0.356 e. The summed E-state index contributed by atoms with van der Waals surface area (Å²) in [7, 11) is -2.22. The van der Waals surface area contributed by atoms with Crippen LogP contribution in [0.4, 0.5) is 10.1 Å². The Balaban J connectivity index is 1.67. The molecule has 4 aromatic rings. The fraction of sp³-hybridized carbons (Fsp3) is 0.241. The normalized spacial score (nSPS) is 13.9. The van der Waals surface area contributed by atoms with E-state index in [4.69, 9.17) is 10.3 Å². The first-order chi connectivity index (χ1) is 18.3. The molecule has 4 rings (SSSR count). The highest BCUT2D eigenvalue weighted by molar-refractivity contribution is 7.92.